The Morgan fingerprint density at radius 1 is 1.14 bits per heavy atom. The van der Waals surface area contributed by atoms with Gasteiger partial charge in [-0.15, -0.1) is 0 Å². The predicted molar refractivity (Wildman–Crippen MR) is 65.3 cm³/mol. The summed E-state index contributed by atoms with van der Waals surface area (Å²) in [4.78, 5) is 24.4. The van der Waals surface area contributed by atoms with E-state index in [1.165, 1.54) is 0 Å². The Hall–Kier alpha value is -1.31. The second-order valence-electron chi connectivity index (χ2n) is 5.84. The fourth-order valence-corrected chi connectivity index (χ4v) is 3.24. The quantitative estimate of drug-likeness (QED) is 0.808. The van der Waals surface area contributed by atoms with Crippen molar-refractivity contribution in [2.45, 2.75) is 50.4 Å². The molecule has 0 aromatic rings. The third-order valence-corrected chi connectivity index (χ3v) is 4.33. The van der Waals surface area contributed by atoms with E-state index < -0.39 is 42.0 Å². The van der Waals surface area contributed by atoms with Gasteiger partial charge in [0.15, 0.2) is 0 Å². The summed E-state index contributed by atoms with van der Waals surface area (Å²) in [5.74, 6) is -4.12. The Bertz CT molecular complexity index is 426. The number of carboxylic acid groups (broad SMARTS) is 1. The molecule has 0 bridgehead atoms. The molecule has 120 valence electrons. The predicted octanol–water partition coefficient (Wildman–Crippen LogP) is 1.40. The minimum Gasteiger partial charge on any atom is -0.480 e. The summed E-state index contributed by atoms with van der Waals surface area (Å²) >= 11 is 0. The maximum atomic E-state index is 12.8. The second-order valence-corrected chi connectivity index (χ2v) is 5.84. The summed E-state index contributed by atoms with van der Waals surface area (Å²) in [6, 6.07) is -1.14. The van der Waals surface area contributed by atoms with Gasteiger partial charge in [0.25, 0.3) is 0 Å². The summed E-state index contributed by atoms with van der Waals surface area (Å²) in [7, 11) is 0. The number of hydrogen-bond donors (Lipinski definition) is 2. The lowest BCUT2D eigenvalue weighted by Crippen LogP contribution is -2.45. The monoisotopic (exact) mass is 309 g/mol. The van der Waals surface area contributed by atoms with E-state index in [1.807, 2.05) is 0 Å². The molecular weight excluding hydrogens is 291 g/mol. The standard InChI is InChI=1S/C13H18F3NO4/c14-13(15,16)8-3-1-2-7(4-8)11(19)17-6-9(18)5-10(17)12(20)21/h7-10,18H,1-6H2,(H,20,21)/t7?,8?,9?,10-/m0/s1. The number of amides is 1. The van der Waals surface area contributed by atoms with Gasteiger partial charge < -0.3 is 15.1 Å². The highest BCUT2D eigenvalue weighted by atomic mass is 19.4. The Labute approximate surface area is 119 Å². The maximum Gasteiger partial charge on any atom is 0.391 e. The summed E-state index contributed by atoms with van der Waals surface area (Å²) < 4.78 is 38.3. The minimum atomic E-state index is -4.32. The van der Waals surface area contributed by atoms with Crippen LogP contribution in [0.3, 0.4) is 0 Å². The van der Waals surface area contributed by atoms with E-state index in [0.29, 0.717) is 12.8 Å². The van der Waals surface area contributed by atoms with Gasteiger partial charge in [0, 0.05) is 18.9 Å². The van der Waals surface area contributed by atoms with E-state index in [1.54, 1.807) is 0 Å². The van der Waals surface area contributed by atoms with E-state index in [-0.39, 0.29) is 25.8 Å². The first-order chi connectivity index (χ1) is 9.70. The number of hydrogen-bond acceptors (Lipinski definition) is 3. The molecule has 2 aliphatic rings. The fourth-order valence-electron chi connectivity index (χ4n) is 3.24. The molecule has 0 radical (unpaired) electrons. The Kier molecular flexibility index (Phi) is 4.46. The lowest BCUT2D eigenvalue weighted by Gasteiger charge is -2.33. The topological polar surface area (TPSA) is 77.8 Å². The summed E-state index contributed by atoms with van der Waals surface area (Å²) in [5.41, 5.74) is 0. The van der Waals surface area contributed by atoms with Crippen LogP contribution in [0.1, 0.15) is 32.1 Å². The molecule has 0 aromatic carbocycles. The van der Waals surface area contributed by atoms with E-state index in [9.17, 15) is 27.9 Å². The molecule has 8 heteroatoms. The van der Waals surface area contributed by atoms with Crippen LogP contribution in [0.25, 0.3) is 0 Å². The molecule has 4 atom stereocenters. The number of likely N-dealkylation sites (tertiary alicyclic amines) is 1. The first kappa shape index (κ1) is 16.1. The van der Waals surface area contributed by atoms with Crippen LogP contribution in [0.4, 0.5) is 13.2 Å². The van der Waals surface area contributed by atoms with Gasteiger partial charge in [-0.05, 0) is 19.3 Å². The molecule has 0 aromatic heterocycles. The van der Waals surface area contributed by atoms with Crippen molar-refractivity contribution in [1.82, 2.24) is 4.90 Å². The van der Waals surface area contributed by atoms with Crippen LogP contribution in [0.5, 0.6) is 0 Å². The summed E-state index contributed by atoms with van der Waals surface area (Å²) in [5, 5.41) is 18.6. The molecule has 1 amide bonds. The Balaban J connectivity index is 2.07. The maximum absolute atomic E-state index is 12.8. The number of carboxylic acids is 1. The van der Waals surface area contributed by atoms with E-state index in [2.05, 4.69) is 0 Å². The second kappa shape index (κ2) is 5.82. The lowest BCUT2D eigenvalue weighted by molar-refractivity contribution is -0.187. The molecule has 1 saturated heterocycles. The van der Waals surface area contributed by atoms with Crippen molar-refractivity contribution in [3.8, 4) is 0 Å². The van der Waals surface area contributed by atoms with Gasteiger partial charge in [-0.1, -0.05) is 6.42 Å². The number of nitrogens with zero attached hydrogens (tertiary/aromatic N) is 1. The average molecular weight is 309 g/mol. The van der Waals surface area contributed by atoms with Crippen molar-refractivity contribution in [2.24, 2.45) is 11.8 Å². The summed E-state index contributed by atoms with van der Waals surface area (Å²) in [6.07, 6.45) is -4.97. The average Bonchev–Trinajstić information content (AvgIpc) is 2.79. The van der Waals surface area contributed by atoms with Crippen LogP contribution in [0.15, 0.2) is 0 Å². The number of rotatable bonds is 2. The Morgan fingerprint density at radius 2 is 1.81 bits per heavy atom. The molecule has 1 saturated carbocycles. The molecule has 1 aliphatic heterocycles. The number of aliphatic carboxylic acids is 1. The third kappa shape index (κ3) is 3.48. The minimum absolute atomic E-state index is 0.0122. The summed E-state index contributed by atoms with van der Waals surface area (Å²) in [6.45, 7) is -0.122. The van der Waals surface area contributed by atoms with Crippen LogP contribution < -0.4 is 0 Å². The number of carbonyl (C=O) groups excluding carboxylic acids is 1. The largest absolute Gasteiger partial charge is 0.480 e. The zero-order valence-electron chi connectivity index (χ0n) is 11.3. The number of carbonyl (C=O) groups is 2. The third-order valence-electron chi connectivity index (χ3n) is 4.33. The number of β-amino-alcohol motifs (C(OH)–C–C–N with tert-alkyl or cyclic N) is 1. The van der Waals surface area contributed by atoms with Crippen LogP contribution in [-0.2, 0) is 9.59 Å². The van der Waals surface area contributed by atoms with Crippen molar-refractivity contribution in [3.05, 3.63) is 0 Å². The van der Waals surface area contributed by atoms with Gasteiger partial charge in [-0.25, -0.2) is 4.79 Å². The van der Waals surface area contributed by atoms with Crippen molar-refractivity contribution < 1.29 is 33.0 Å². The molecule has 1 heterocycles. The lowest BCUT2D eigenvalue weighted by atomic mass is 9.80. The molecule has 2 rings (SSSR count). The van der Waals surface area contributed by atoms with Crippen molar-refractivity contribution in [2.75, 3.05) is 6.54 Å². The molecule has 3 unspecified atom stereocenters. The van der Waals surface area contributed by atoms with Gasteiger partial charge in [0.1, 0.15) is 6.04 Å². The van der Waals surface area contributed by atoms with E-state index in [4.69, 9.17) is 5.11 Å². The van der Waals surface area contributed by atoms with E-state index in [0.717, 1.165) is 4.90 Å². The molecular formula is C13H18F3NO4. The van der Waals surface area contributed by atoms with Gasteiger partial charge in [-0.3, -0.25) is 4.79 Å². The van der Waals surface area contributed by atoms with Gasteiger partial charge in [0.05, 0.1) is 12.0 Å². The van der Waals surface area contributed by atoms with Crippen molar-refractivity contribution >= 4 is 11.9 Å². The first-order valence-corrected chi connectivity index (χ1v) is 6.98. The zero-order valence-corrected chi connectivity index (χ0v) is 11.3. The van der Waals surface area contributed by atoms with Gasteiger partial charge >= 0.3 is 12.1 Å². The van der Waals surface area contributed by atoms with Crippen LogP contribution >= 0.6 is 0 Å². The van der Waals surface area contributed by atoms with Crippen LogP contribution in [0.2, 0.25) is 0 Å². The molecule has 2 fully saturated rings. The van der Waals surface area contributed by atoms with Crippen LogP contribution in [-0.4, -0.2) is 51.9 Å². The number of alkyl halides is 3. The SMILES string of the molecule is O=C(O)[C@@H]1CC(O)CN1C(=O)C1CCCC(C(F)(F)F)C1. The van der Waals surface area contributed by atoms with Crippen molar-refractivity contribution in [3.63, 3.8) is 0 Å². The molecule has 21 heavy (non-hydrogen) atoms. The highest BCUT2D eigenvalue weighted by Crippen LogP contribution is 2.41. The highest BCUT2D eigenvalue weighted by molar-refractivity contribution is 5.86. The van der Waals surface area contributed by atoms with Gasteiger partial charge in [-0.2, -0.15) is 13.2 Å². The first-order valence-electron chi connectivity index (χ1n) is 6.98. The van der Waals surface area contributed by atoms with Crippen molar-refractivity contribution in [1.29, 1.82) is 0 Å². The number of halogens is 3. The smallest absolute Gasteiger partial charge is 0.391 e. The Morgan fingerprint density at radius 3 is 2.38 bits per heavy atom. The zero-order chi connectivity index (χ0) is 15.8. The molecule has 0 spiro atoms. The fraction of sp³-hybridized carbons (Fsp3) is 0.846. The highest BCUT2D eigenvalue weighted by Gasteiger charge is 2.46. The van der Waals surface area contributed by atoms with Crippen LogP contribution in [0, 0.1) is 11.8 Å². The normalized spacial score (nSPS) is 34.0. The van der Waals surface area contributed by atoms with E-state index >= 15 is 0 Å². The number of aliphatic hydroxyl groups is 1. The molecule has 2 N–H and O–H groups in total. The molecule has 5 nitrogen and oxygen atoms in total. The van der Waals surface area contributed by atoms with Gasteiger partial charge in [0.2, 0.25) is 5.91 Å². The molecule has 1 aliphatic carbocycles. The number of aliphatic hydroxyl groups excluding tert-OH is 1.